The van der Waals surface area contributed by atoms with Crippen LogP contribution in [-0.4, -0.2) is 72.3 Å². The van der Waals surface area contributed by atoms with Gasteiger partial charge in [-0.15, -0.1) is 0 Å². The Labute approximate surface area is 164 Å². The number of amides is 1. The molecule has 2 fully saturated rings. The molecule has 0 radical (unpaired) electrons. The van der Waals surface area contributed by atoms with Crippen LogP contribution >= 0.6 is 11.8 Å². The number of carbonyl (C=O) groups is 1. The summed E-state index contributed by atoms with van der Waals surface area (Å²) in [4.78, 5) is 14.8. The minimum atomic E-state index is 0.0844. The van der Waals surface area contributed by atoms with Crippen molar-refractivity contribution in [1.82, 2.24) is 14.8 Å². The zero-order valence-electron chi connectivity index (χ0n) is 15.7. The molecule has 7 heteroatoms. The van der Waals surface area contributed by atoms with E-state index in [0.29, 0.717) is 6.42 Å². The van der Waals surface area contributed by atoms with Crippen LogP contribution in [0.25, 0.3) is 10.9 Å². The van der Waals surface area contributed by atoms with Gasteiger partial charge in [0.25, 0.3) is 0 Å². The quantitative estimate of drug-likeness (QED) is 0.793. The normalized spacial score (nSPS) is 21.4. The molecule has 2 saturated heterocycles. The van der Waals surface area contributed by atoms with Gasteiger partial charge >= 0.3 is 0 Å². The number of ether oxygens (including phenoxy) is 1. The van der Waals surface area contributed by atoms with Crippen molar-refractivity contribution in [2.75, 3.05) is 56.2 Å². The van der Waals surface area contributed by atoms with Gasteiger partial charge < -0.3 is 19.9 Å². The molecule has 2 aromatic rings. The molecule has 0 saturated carbocycles. The van der Waals surface area contributed by atoms with Crippen molar-refractivity contribution in [3.05, 3.63) is 30.5 Å². The minimum Gasteiger partial charge on any atom is -0.379 e. The van der Waals surface area contributed by atoms with Crippen LogP contribution in [0, 0.1) is 0 Å². The number of nitrogens with one attached hydrogen (secondary N) is 2. The molecule has 1 aromatic carbocycles. The molecular formula is C20H28N4O2S. The van der Waals surface area contributed by atoms with E-state index in [4.69, 9.17) is 4.74 Å². The maximum absolute atomic E-state index is 12.3. The molecule has 2 aliphatic rings. The van der Waals surface area contributed by atoms with E-state index in [1.807, 2.05) is 17.8 Å². The van der Waals surface area contributed by atoms with Gasteiger partial charge in [0.05, 0.1) is 13.2 Å². The lowest BCUT2D eigenvalue weighted by molar-refractivity contribution is -0.116. The highest BCUT2D eigenvalue weighted by Gasteiger charge is 2.17. The number of thioether (sulfide) groups is 1. The van der Waals surface area contributed by atoms with Crippen molar-refractivity contribution in [2.24, 2.45) is 0 Å². The standard InChI is InChI=1S/C20H28N4O2S/c25-20(14-18-15-27-12-4-21-18)22-17-1-2-19-16(13-17)3-5-24(19)7-6-23-8-10-26-11-9-23/h1-3,5,13,18,21H,4,6-12,14-15H2,(H,22,25). The molecule has 1 aromatic heterocycles. The molecule has 1 atom stereocenters. The molecular weight excluding hydrogens is 360 g/mol. The Morgan fingerprint density at radius 2 is 2.15 bits per heavy atom. The molecule has 2 N–H and O–H groups in total. The van der Waals surface area contributed by atoms with Gasteiger partial charge in [-0.1, -0.05) is 0 Å². The third-order valence-corrected chi connectivity index (χ3v) is 6.38. The fourth-order valence-corrected chi connectivity index (χ4v) is 4.68. The Balaban J connectivity index is 1.34. The Morgan fingerprint density at radius 3 is 2.96 bits per heavy atom. The first-order valence-corrected chi connectivity index (χ1v) is 10.9. The monoisotopic (exact) mass is 388 g/mol. The van der Waals surface area contributed by atoms with Crippen LogP contribution in [0.3, 0.4) is 0 Å². The van der Waals surface area contributed by atoms with Crippen molar-refractivity contribution < 1.29 is 9.53 Å². The molecule has 0 spiro atoms. The van der Waals surface area contributed by atoms with Gasteiger partial charge in [0.2, 0.25) is 5.91 Å². The van der Waals surface area contributed by atoms with Gasteiger partial charge in [-0.3, -0.25) is 9.69 Å². The van der Waals surface area contributed by atoms with E-state index in [1.54, 1.807) is 0 Å². The van der Waals surface area contributed by atoms with Crippen LogP contribution in [0.5, 0.6) is 0 Å². The molecule has 6 nitrogen and oxygen atoms in total. The number of benzene rings is 1. The van der Waals surface area contributed by atoms with Crippen molar-refractivity contribution in [2.45, 2.75) is 19.0 Å². The zero-order valence-corrected chi connectivity index (χ0v) is 16.5. The highest BCUT2D eigenvalue weighted by atomic mass is 32.2. The number of fused-ring (bicyclic) bond motifs is 1. The van der Waals surface area contributed by atoms with Gasteiger partial charge in [0, 0.05) is 79.5 Å². The van der Waals surface area contributed by atoms with Crippen molar-refractivity contribution in [1.29, 1.82) is 0 Å². The average molecular weight is 389 g/mol. The summed E-state index contributed by atoms with van der Waals surface area (Å²) in [6, 6.07) is 8.60. The van der Waals surface area contributed by atoms with Gasteiger partial charge in [0.1, 0.15) is 0 Å². The Kier molecular flexibility index (Phi) is 6.34. The summed E-state index contributed by atoms with van der Waals surface area (Å²) < 4.78 is 7.70. The summed E-state index contributed by atoms with van der Waals surface area (Å²) in [6.45, 7) is 6.72. The summed E-state index contributed by atoms with van der Waals surface area (Å²) in [6.07, 6.45) is 2.67. The van der Waals surface area contributed by atoms with Crippen molar-refractivity contribution in [3.8, 4) is 0 Å². The number of morpholine rings is 1. The predicted octanol–water partition coefficient (Wildman–Crippen LogP) is 2.01. The predicted molar refractivity (Wildman–Crippen MR) is 112 cm³/mol. The minimum absolute atomic E-state index is 0.0844. The first-order chi connectivity index (χ1) is 13.3. The van der Waals surface area contributed by atoms with Crippen LogP contribution in [0.15, 0.2) is 30.5 Å². The largest absolute Gasteiger partial charge is 0.379 e. The molecule has 146 valence electrons. The van der Waals surface area contributed by atoms with E-state index in [-0.39, 0.29) is 11.9 Å². The van der Waals surface area contributed by atoms with Crippen LogP contribution in [0.1, 0.15) is 6.42 Å². The molecule has 0 bridgehead atoms. The molecule has 27 heavy (non-hydrogen) atoms. The lowest BCUT2D eigenvalue weighted by atomic mass is 10.2. The summed E-state index contributed by atoms with van der Waals surface area (Å²) in [5.41, 5.74) is 2.09. The molecule has 0 aliphatic carbocycles. The first-order valence-electron chi connectivity index (χ1n) is 9.78. The van der Waals surface area contributed by atoms with Gasteiger partial charge in [-0.05, 0) is 24.3 Å². The Bertz CT molecular complexity index is 766. The third kappa shape index (κ3) is 5.04. The molecule has 1 amide bonds. The molecule has 2 aliphatic heterocycles. The van der Waals surface area contributed by atoms with Gasteiger partial charge in [-0.25, -0.2) is 0 Å². The fraction of sp³-hybridized carbons (Fsp3) is 0.550. The van der Waals surface area contributed by atoms with Gasteiger partial charge in [-0.2, -0.15) is 11.8 Å². The van der Waals surface area contributed by atoms with E-state index in [0.717, 1.165) is 63.1 Å². The van der Waals surface area contributed by atoms with E-state index >= 15 is 0 Å². The molecule has 1 unspecified atom stereocenters. The first kappa shape index (κ1) is 18.8. The fourth-order valence-electron chi connectivity index (χ4n) is 3.73. The highest BCUT2D eigenvalue weighted by molar-refractivity contribution is 7.99. The molecule has 4 rings (SSSR count). The summed E-state index contributed by atoms with van der Waals surface area (Å²) in [5, 5.41) is 7.64. The van der Waals surface area contributed by atoms with Crippen LogP contribution in [0.2, 0.25) is 0 Å². The van der Waals surface area contributed by atoms with E-state index in [1.165, 1.54) is 10.9 Å². The number of carbonyl (C=O) groups excluding carboxylic acids is 1. The average Bonchev–Trinajstić information content (AvgIpc) is 3.10. The van der Waals surface area contributed by atoms with Crippen molar-refractivity contribution >= 4 is 34.3 Å². The topological polar surface area (TPSA) is 58.5 Å². The van der Waals surface area contributed by atoms with E-state index < -0.39 is 0 Å². The summed E-state index contributed by atoms with van der Waals surface area (Å²) in [7, 11) is 0. The number of hydrogen-bond acceptors (Lipinski definition) is 5. The SMILES string of the molecule is O=C(CC1CSCCN1)Nc1ccc2c(ccn2CCN2CCOCC2)c1. The second kappa shape index (κ2) is 9.10. The number of aromatic nitrogens is 1. The maximum atomic E-state index is 12.3. The molecule has 3 heterocycles. The second-order valence-electron chi connectivity index (χ2n) is 7.22. The lowest BCUT2D eigenvalue weighted by Crippen LogP contribution is -2.39. The summed E-state index contributed by atoms with van der Waals surface area (Å²) in [5.74, 6) is 2.23. The van der Waals surface area contributed by atoms with E-state index in [9.17, 15) is 4.79 Å². The Morgan fingerprint density at radius 1 is 1.26 bits per heavy atom. The second-order valence-corrected chi connectivity index (χ2v) is 8.36. The van der Waals surface area contributed by atoms with Crippen LogP contribution in [-0.2, 0) is 16.1 Å². The van der Waals surface area contributed by atoms with E-state index in [2.05, 4.69) is 44.5 Å². The number of rotatable bonds is 6. The zero-order chi connectivity index (χ0) is 18.5. The van der Waals surface area contributed by atoms with Crippen molar-refractivity contribution in [3.63, 3.8) is 0 Å². The Hall–Kier alpha value is -1.54. The van der Waals surface area contributed by atoms with Crippen LogP contribution in [0.4, 0.5) is 5.69 Å². The number of hydrogen-bond donors (Lipinski definition) is 2. The number of nitrogens with zero attached hydrogens (tertiary/aromatic N) is 2. The number of anilines is 1. The maximum Gasteiger partial charge on any atom is 0.225 e. The highest BCUT2D eigenvalue weighted by Crippen LogP contribution is 2.21. The smallest absolute Gasteiger partial charge is 0.225 e. The lowest BCUT2D eigenvalue weighted by Gasteiger charge is -2.26. The third-order valence-electron chi connectivity index (χ3n) is 5.25. The van der Waals surface area contributed by atoms with Crippen LogP contribution < -0.4 is 10.6 Å². The summed E-state index contributed by atoms with van der Waals surface area (Å²) >= 11 is 1.92. The van der Waals surface area contributed by atoms with Gasteiger partial charge in [0.15, 0.2) is 0 Å².